The molecule has 3 aliphatic rings. The highest BCUT2D eigenvalue weighted by Crippen LogP contribution is 2.43. The molecular weight excluding hydrogens is 442 g/mol. The molecule has 3 unspecified atom stereocenters. The van der Waals surface area contributed by atoms with E-state index in [4.69, 9.17) is 11.6 Å². The topological polar surface area (TPSA) is 118 Å². The third-order valence-corrected chi connectivity index (χ3v) is 7.75. The molecule has 5 rings (SSSR count). The Hall–Kier alpha value is -3.05. The van der Waals surface area contributed by atoms with E-state index in [0.717, 1.165) is 30.2 Å². The van der Waals surface area contributed by atoms with Crippen molar-refractivity contribution in [2.24, 2.45) is 17.8 Å². The van der Waals surface area contributed by atoms with Crippen molar-refractivity contribution in [2.45, 2.75) is 44.2 Å². The lowest BCUT2D eigenvalue weighted by atomic mass is 9.92. The number of hydrogen-bond acceptors (Lipinski definition) is 4. The van der Waals surface area contributed by atoms with Gasteiger partial charge in [-0.2, -0.15) is 5.26 Å². The first-order chi connectivity index (χ1) is 16.0. The highest BCUT2D eigenvalue weighted by atomic mass is 35.5. The van der Waals surface area contributed by atoms with Crippen molar-refractivity contribution in [3.63, 3.8) is 0 Å². The molecule has 2 saturated heterocycles. The van der Waals surface area contributed by atoms with Crippen LogP contribution in [0.4, 0.5) is 0 Å². The minimum atomic E-state index is -0.768. The quantitative estimate of drug-likeness (QED) is 0.626. The molecule has 3 heterocycles. The standard InChI is InChI=1S/C24H26ClN5O3/c25-18-5-2-6-19-17(18)10-20(29-19)24(33)30-12-14-3-1-4-16(14)21(30)23(32)28-15(11-26)9-13-7-8-27-22(13)31/h2,5-6,10,13-16,21,29H,1,3-4,7-9,12H2,(H,27,31)(H,28,32)/t13-,14?,15?,16?,21-/m0/s1. The number of nitriles is 1. The molecular formula is C24H26ClN5O3. The maximum atomic E-state index is 13.5. The van der Waals surface area contributed by atoms with E-state index in [1.54, 1.807) is 17.0 Å². The summed E-state index contributed by atoms with van der Waals surface area (Å²) in [5.74, 6) is -0.533. The minimum Gasteiger partial charge on any atom is -0.356 e. The Morgan fingerprint density at radius 3 is 2.88 bits per heavy atom. The van der Waals surface area contributed by atoms with Gasteiger partial charge in [0.05, 0.1) is 6.07 Å². The van der Waals surface area contributed by atoms with Crippen LogP contribution in [0.25, 0.3) is 10.9 Å². The van der Waals surface area contributed by atoms with Gasteiger partial charge in [-0.1, -0.05) is 24.1 Å². The Morgan fingerprint density at radius 2 is 2.15 bits per heavy atom. The van der Waals surface area contributed by atoms with Gasteiger partial charge in [-0.3, -0.25) is 14.4 Å². The van der Waals surface area contributed by atoms with Crippen molar-refractivity contribution in [3.8, 4) is 6.07 Å². The summed E-state index contributed by atoms with van der Waals surface area (Å²) < 4.78 is 0. The van der Waals surface area contributed by atoms with Gasteiger partial charge in [0.25, 0.3) is 5.91 Å². The molecule has 1 aromatic carbocycles. The number of aromatic nitrogens is 1. The fraction of sp³-hybridized carbons (Fsp3) is 0.500. The number of halogens is 1. The third kappa shape index (κ3) is 3.95. The predicted molar refractivity (Wildman–Crippen MR) is 122 cm³/mol. The normalized spacial score (nSPS) is 27.3. The first-order valence-corrected chi connectivity index (χ1v) is 11.9. The van der Waals surface area contributed by atoms with Gasteiger partial charge < -0.3 is 20.5 Å². The molecule has 0 bridgehead atoms. The molecule has 33 heavy (non-hydrogen) atoms. The predicted octanol–water partition coefficient (Wildman–Crippen LogP) is 2.60. The number of carbonyl (C=O) groups excluding carboxylic acids is 3. The zero-order chi connectivity index (χ0) is 23.1. The second kappa shape index (κ2) is 8.71. The van der Waals surface area contributed by atoms with E-state index in [0.29, 0.717) is 30.2 Å². The number of H-pyrrole nitrogens is 1. The van der Waals surface area contributed by atoms with Gasteiger partial charge in [0, 0.05) is 34.9 Å². The van der Waals surface area contributed by atoms with Crippen LogP contribution in [0.2, 0.25) is 5.02 Å². The molecule has 3 amide bonds. The smallest absolute Gasteiger partial charge is 0.271 e. The zero-order valence-electron chi connectivity index (χ0n) is 18.1. The van der Waals surface area contributed by atoms with Crippen LogP contribution >= 0.6 is 11.6 Å². The molecule has 0 radical (unpaired) electrons. The summed E-state index contributed by atoms with van der Waals surface area (Å²) in [5.41, 5.74) is 1.17. The zero-order valence-corrected chi connectivity index (χ0v) is 18.9. The maximum absolute atomic E-state index is 13.5. The first-order valence-electron chi connectivity index (χ1n) is 11.5. The molecule has 9 heteroatoms. The summed E-state index contributed by atoms with van der Waals surface area (Å²) in [6.45, 7) is 1.12. The van der Waals surface area contributed by atoms with Gasteiger partial charge in [0.2, 0.25) is 11.8 Å². The fourth-order valence-electron chi connectivity index (χ4n) is 5.79. The summed E-state index contributed by atoms with van der Waals surface area (Å²) in [7, 11) is 0. The van der Waals surface area contributed by atoms with Crippen LogP contribution in [0.15, 0.2) is 24.3 Å². The highest BCUT2D eigenvalue weighted by molar-refractivity contribution is 6.35. The lowest BCUT2D eigenvalue weighted by molar-refractivity contribution is -0.127. The molecule has 2 aliphatic heterocycles. The maximum Gasteiger partial charge on any atom is 0.271 e. The number of fused-ring (bicyclic) bond motifs is 2. The molecule has 5 atom stereocenters. The van der Waals surface area contributed by atoms with Crippen LogP contribution in [0.3, 0.4) is 0 Å². The van der Waals surface area contributed by atoms with Crippen molar-refractivity contribution >= 4 is 40.2 Å². The van der Waals surface area contributed by atoms with Crippen molar-refractivity contribution < 1.29 is 14.4 Å². The Bertz CT molecular complexity index is 1150. The fourth-order valence-corrected chi connectivity index (χ4v) is 6.02. The number of benzene rings is 1. The monoisotopic (exact) mass is 467 g/mol. The van der Waals surface area contributed by atoms with Crippen LogP contribution in [0.5, 0.6) is 0 Å². The average molecular weight is 468 g/mol. The van der Waals surface area contributed by atoms with Crippen LogP contribution in [0.1, 0.15) is 42.6 Å². The van der Waals surface area contributed by atoms with Crippen LogP contribution in [-0.4, -0.2) is 52.8 Å². The largest absolute Gasteiger partial charge is 0.356 e. The Balaban J connectivity index is 1.37. The number of nitrogens with zero attached hydrogens (tertiary/aromatic N) is 2. The molecule has 0 spiro atoms. The van der Waals surface area contributed by atoms with Gasteiger partial charge in [-0.25, -0.2) is 0 Å². The molecule has 3 fully saturated rings. The number of nitrogens with one attached hydrogen (secondary N) is 3. The number of hydrogen-bond donors (Lipinski definition) is 3. The van der Waals surface area contributed by atoms with E-state index in [2.05, 4.69) is 21.7 Å². The molecule has 1 saturated carbocycles. The second-order valence-electron chi connectivity index (χ2n) is 9.34. The molecule has 3 N–H and O–H groups in total. The van der Waals surface area contributed by atoms with Gasteiger partial charge >= 0.3 is 0 Å². The summed E-state index contributed by atoms with van der Waals surface area (Å²) in [6, 6.07) is 7.92. The summed E-state index contributed by atoms with van der Waals surface area (Å²) in [4.78, 5) is 43.6. The van der Waals surface area contributed by atoms with E-state index >= 15 is 0 Å². The first kappa shape index (κ1) is 21.8. The second-order valence-corrected chi connectivity index (χ2v) is 9.75. The molecule has 1 aromatic heterocycles. The van der Waals surface area contributed by atoms with Gasteiger partial charge in [-0.05, 0) is 55.7 Å². The van der Waals surface area contributed by atoms with Gasteiger partial charge in [0.15, 0.2) is 0 Å². The van der Waals surface area contributed by atoms with E-state index in [-0.39, 0.29) is 41.9 Å². The Kier molecular flexibility index (Phi) is 5.75. The summed E-state index contributed by atoms with van der Waals surface area (Å²) >= 11 is 6.28. The minimum absolute atomic E-state index is 0.0736. The number of carbonyl (C=O) groups is 3. The van der Waals surface area contributed by atoms with E-state index < -0.39 is 12.1 Å². The van der Waals surface area contributed by atoms with Crippen molar-refractivity contribution in [2.75, 3.05) is 13.1 Å². The molecule has 172 valence electrons. The average Bonchev–Trinajstić information content (AvgIpc) is 3.56. The van der Waals surface area contributed by atoms with Crippen molar-refractivity contribution in [1.82, 2.24) is 20.5 Å². The van der Waals surface area contributed by atoms with Crippen molar-refractivity contribution in [1.29, 1.82) is 5.26 Å². The van der Waals surface area contributed by atoms with Crippen molar-refractivity contribution in [3.05, 3.63) is 35.0 Å². The Morgan fingerprint density at radius 1 is 1.30 bits per heavy atom. The van der Waals surface area contributed by atoms with E-state index in [1.165, 1.54) is 0 Å². The van der Waals surface area contributed by atoms with E-state index in [9.17, 15) is 19.6 Å². The van der Waals surface area contributed by atoms with Crippen LogP contribution < -0.4 is 10.6 Å². The third-order valence-electron chi connectivity index (χ3n) is 7.42. The SMILES string of the molecule is N#CC(C[C@@H]1CCNC1=O)NC(=O)[C@@H]1C2CCCC2CN1C(=O)c1cc2c(Cl)cccc2[nH]1. The lowest BCUT2D eigenvalue weighted by Gasteiger charge is -2.28. The van der Waals surface area contributed by atoms with Gasteiger partial charge in [0.1, 0.15) is 17.8 Å². The lowest BCUT2D eigenvalue weighted by Crippen LogP contribution is -2.51. The molecule has 8 nitrogen and oxygen atoms in total. The highest BCUT2D eigenvalue weighted by Gasteiger charge is 2.50. The number of rotatable bonds is 5. The molecule has 2 aromatic rings. The van der Waals surface area contributed by atoms with E-state index in [1.807, 2.05) is 12.1 Å². The number of aromatic amines is 1. The summed E-state index contributed by atoms with van der Waals surface area (Å²) in [6.07, 6.45) is 3.85. The molecule has 1 aliphatic carbocycles. The van der Waals surface area contributed by atoms with Crippen LogP contribution in [-0.2, 0) is 9.59 Å². The number of amides is 3. The van der Waals surface area contributed by atoms with Gasteiger partial charge in [-0.15, -0.1) is 0 Å². The Labute approximate surface area is 196 Å². The summed E-state index contributed by atoms with van der Waals surface area (Å²) in [5, 5.41) is 16.5. The number of likely N-dealkylation sites (tertiary alicyclic amines) is 1. The van der Waals surface area contributed by atoms with Crippen LogP contribution in [0, 0.1) is 29.1 Å².